The third-order valence-corrected chi connectivity index (χ3v) is 6.71. The van der Waals surface area contributed by atoms with Crippen LogP contribution in [0.25, 0.3) is 38.3 Å². The van der Waals surface area contributed by atoms with Crippen LogP contribution in [0.5, 0.6) is 23.0 Å². The molecule has 2 heterocycles. The summed E-state index contributed by atoms with van der Waals surface area (Å²) in [4.78, 5) is 0. The van der Waals surface area contributed by atoms with Gasteiger partial charge in [-0.25, -0.2) is 0 Å². The van der Waals surface area contributed by atoms with Crippen molar-refractivity contribution >= 4 is 48.5 Å². The largest absolute Gasteiger partial charge is 0.449 e. The van der Waals surface area contributed by atoms with E-state index in [2.05, 4.69) is 87.2 Å². The average Bonchev–Trinajstić information content (AvgIpc) is 3.19. The summed E-state index contributed by atoms with van der Waals surface area (Å²) in [6.45, 7) is 0. The Kier molecular flexibility index (Phi) is 3.70. The number of para-hydroxylation sites is 3. The van der Waals surface area contributed by atoms with Crippen LogP contribution in [-0.2, 0) is 0 Å². The third-order valence-electron chi connectivity index (χ3n) is 6.08. The third kappa shape index (κ3) is 2.47. The van der Waals surface area contributed by atoms with Gasteiger partial charge in [-0.2, -0.15) is 0 Å². The van der Waals surface area contributed by atoms with Gasteiger partial charge in [0.2, 0.25) is 0 Å². The Hall–Kier alpha value is -3.76. The summed E-state index contributed by atoms with van der Waals surface area (Å²) in [6, 6.07) is 33.2. The zero-order valence-electron chi connectivity index (χ0n) is 16.9. The number of aromatic nitrogens is 1. The highest BCUT2D eigenvalue weighted by Crippen LogP contribution is 2.52. The zero-order chi connectivity index (χ0) is 21.2. The molecule has 0 N–H and O–H groups in total. The average molecular weight is 478 g/mol. The van der Waals surface area contributed by atoms with Crippen molar-refractivity contribution in [1.29, 1.82) is 0 Å². The molecule has 0 saturated carbocycles. The molecule has 1 aromatic heterocycles. The minimum absolute atomic E-state index is 0.702. The highest BCUT2D eigenvalue weighted by atomic mass is 79.9. The topological polar surface area (TPSA) is 23.4 Å². The molecule has 7 rings (SSSR count). The van der Waals surface area contributed by atoms with Crippen LogP contribution < -0.4 is 9.47 Å². The highest BCUT2D eigenvalue weighted by Gasteiger charge is 2.27. The molecular formula is C28H16BrNO2. The SMILES string of the molecule is Brc1cc2c(c3c1c1ccccc1n3-c1ccc3ccccc3c1)Oc1ccccc1O2. The lowest BCUT2D eigenvalue weighted by Gasteiger charge is -2.22. The van der Waals surface area contributed by atoms with Crippen molar-refractivity contribution in [2.24, 2.45) is 0 Å². The van der Waals surface area contributed by atoms with E-state index < -0.39 is 0 Å². The van der Waals surface area contributed by atoms with Gasteiger partial charge in [-0.1, -0.05) is 60.7 Å². The van der Waals surface area contributed by atoms with E-state index in [1.807, 2.05) is 30.3 Å². The van der Waals surface area contributed by atoms with Crippen molar-refractivity contribution in [2.75, 3.05) is 0 Å². The lowest BCUT2D eigenvalue weighted by molar-refractivity contribution is 0.362. The predicted octanol–water partition coefficient (Wildman–Crippen LogP) is 8.60. The van der Waals surface area contributed by atoms with Gasteiger partial charge in [0, 0.05) is 20.9 Å². The second-order valence-electron chi connectivity index (χ2n) is 7.94. The first-order valence-electron chi connectivity index (χ1n) is 10.5. The van der Waals surface area contributed by atoms with E-state index in [0.717, 1.165) is 49.2 Å². The summed E-state index contributed by atoms with van der Waals surface area (Å²) in [7, 11) is 0. The van der Waals surface area contributed by atoms with E-state index >= 15 is 0 Å². The maximum absolute atomic E-state index is 6.46. The summed E-state index contributed by atoms with van der Waals surface area (Å²) >= 11 is 3.81. The van der Waals surface area contributed by atoms with E-state index in [-0.39, 0.29) is 0 Å². The van der Waals surface area contributed by atoms with Crippen LogP contribution in [0.2, 0.25) is 0 Å². The number of nitrogens with zero attached hydrogens (tertiary/aromatic N) is 1. The number of rotatable bonds is 1. The normalized spacial score (nSPS) is 12.4. The van der Waals surface area contributed by atoms with E-state index in [1.54, 1.807) is 0 Å². The summed E-state index contributed by atoms with van der Waals surface area (Å²) in [5, 5.41) is 4.68. The molecule has 1 aliphatic rings. The molecule has 5 aromatic carbocycles. The molecular weight excluding hydrogens is 462 g/mol. The van der Waals surface area contributed by atoms with Crippen LogP contribution in [0, 0.1) is 0 Å². The van der Waals surface area contributed by atoms with Gasteiger partial charge in [0.25, 0.3) is 0 Å². The smallest absolute Gasteiger partial charge is 0.194 e. The Labute approximate surface area is 192 Å². The van der Waals surface area contributed by atoms with Gasteiger partial charge in [-0.15, -0.1) is 0 Å². The van der Waals surface area contributed by atoms with Gasteiger partial charge in [-0.05, 0) is 63.1 Å². The first-order chi connectivity index (χ1) is 15.8. The minimum Gasteiger partial charge on any atom is -0.449 e. The maximum atomic E-state index is 6.46. The van der Waals surface area contributed by atoms with E-state index in [9.17, 15) is 0 Å². The van der Waals surface area contributed by atoms with Crippen LogP contribution in [0.15, 0.2) is 102 Å². The lowest BCUT2D eigenvalue weighted by atomic mass is 10.1. The number of fused-ring (bicyclic) bond motifs is 7. The summed E-state index contributed by atoms with van der Waals surface area (Å²) in [5.74, 6) is 2.87. The van der Waals surface area contributed by atoms with Crippen molar-refractivity contribution in [3.8, 4) is 28.7 Å². The summed E-state index contributed by atoms with van der Waals surface area (Å²) in [6.07, 6.45) is 0. The molecule has 0 fully saturated rings. The minimum atomic E-state index is 0.702. The maximum Gasteiger partial charge on any atom is 0.194 e. The van der Waals surface area contributed by atoms with Gasteiger partial charge in [0.05, 0.1) is 5.52 Å². The molecule has 0 atom stereocenters. The van der Waals surface area contributed by atoms with Crippen LogP contribution in [0.4, 0.5) is 0 Å². The van der Waals surface area contributed by atoms with Crippen LogP contribution >= 0.6 is 15.9 Å². The van der Waals surface area contributed by atoms with Gasteiger partial charge in [-0.3, -0.25) is 0 Å². The van der Waals surface area contributed by atoms with Gasteiger partial charge in [0.15, 0.2) is 23.0 Å². The summed E-state index contributed by atoms with van der Waals surface area (Å²) in [5.41, 5.74) is 3.19. The fraction of sp³-hybridized carbons (Fsp3) is 0. The molecule has 6 aromatic rings. The molecule has 0 aliphatic carbocycles. The Balaban J connectivity index is 1.62. The number of ether oxygens (including phenoxy) is 2. The Morgan fingerprint density at radius 1 is 0.625 bits per heavy atom. The molecule has 32 heavy (non-hydrogen) atoms. The van der Waals surface area contributed by atoms with Crippen molar-refractivity contribution < 1.29 is 9.47 Å². The van der Waals surface area contributed by atoms with Gasteiger partial charge in [0.1, 0.15) is 5.52 Å². The first kappa shape index (κ1) is 17.9. The lowest BCUT2D eigenvalue weighted by Crippen LogP contribution is -2.02. The molecule has 152 valence electrons. The van der Waals surface area contributed by atoms with Crippen molar-refractivity contribution in [3.63, 3.8) is 0 Å². The highest BCUT2D eigenvalue weighted by molar-refractivity contribution is 9.10. The standard InChI is InChI=1S/C28H16BrNO2/c29-21-16-25-28(32-24-12-6-5-11-23(24)31-25)27-26(21)20-9-3-4-10-22(20)30(27)19-14-13-17-7-1-2-8-18(17)15-19/h1-16H. The molecule has 0 bridgehead atoms. The molecule has 0 spiro atoms. The van der Waals surface area contributed by atoms with Gasteiger partial charge < -0.3 is 14.0 Å². The molecule has 1 aliphatic heterocycles. The zero-order valence-corrected chi connectivity index (χ0v) is 18.5. The van der Waals surface area contributed by atoms with E-state index in [0.29, 0.717) is 5.75 Å². The second kappa shape index (κ2) is 6.62. The number of hydrogen-bond donors (Lipinski definition) is 0. The number of halogens is 1. The fourth-order valence-electron chi connectivity index (χ4n) is 4.67. The molecule has 3 nitrogen and oxygen atoms in total. The molecule has 0 unspecified atom stereocenters. The number of hydrogen-bond acceptors (Lipinski definition) is 2. The Morgan fingerprint density at radius 2 is 1.34 bits per heavy atom. The molecule has 0 saturated heterocycles. The van der Waals surface area contributed by atoms with Gasteiger partial charge >= 0.3 is 0 Å². The van der Waals surface area contributed by atoms with Crippen molar-refractivity contribution in [2.45, 2.75) is 0 Å². The first-order valence-corrected chi connectivity index (χ1v) is 11.3. The van der Waals surface area contributed by atoms with Crippen LogP contribution in [0.1, 0.15) is 0 Å². The van der Waals surface area contributed by atoms with E-state index in [1.165, 1.54) is 10.8 Å². The fourth-order valence-corrected chi connectivity index (χ4v) is 5.28. The predicted molar refractivity (Wildman–Crippen MR) is 133 cm³/mol. The monoisotopic (exact) mass is 477 g/mol. The Bertz CT molecular complexity index is 1700. The molecule has 0 amide bonds. The summed E-state index contributed by atoms with van der Waals surface area (Å²) < 4.78 is 16.0. The quantitative estimate of drug-likeness (QED) is 0.236. The molecule has 4 heteroatoms. The Morgan fingerprint density at radius 3 is 2.22 bits per heavy atom. The van der Waals surface area contributed by atoms with E-state index in [4.69, 9.17) is 9.47 Å². The second-order valence-corrected chi connectivity index (χ2v) is 8.80. The van der Waals surface area contributed by atoms with Crippen molar-refractivity contribution in [3.05, 3.63) is 102 Å². The number of benzene rings is 5. The van der Waals surface area contributed by atoms with Crippen LogP contribution in [0.3, 0.4) is 0 Å². The molecule has 0 radical (unpaired) electrons. The van der Waals surface area contributed by atoms with Crippen LogP contribution in [-0.4, -0.2) is 4.57 Å². The van der Waals surface area contributed by atoms with Crippen molar-refractivity contribution in [1.82, 2.24) is 4.57 Å².